The number of nitrogens with zero attached hydrogens (tertiary/aromatic N) is 2. The van der Waals surface area contributed by atoms with Gasteiger partial charge in [-0.3, -0.25) is 13.9 Å². The highest BCUT2D eigenvalue weighted by molar-refractivity contribution is 7.92. The van der Waals surface area contributed by atoms with Crippen LogP contribution < -0.4 is 23.8 Å². The Bertz CT molecular complexity index is 1600. The van der Waals surface area contributed by atoms with E-state index in [9.17, 15) is 18.0 Å². The van der Waals surface area contributed by atoms with Crippen LogP contribution in [0.5, 0.6) is 17.2 Å². The molecule has 0 spiro atoms. The summed E-state index contributed by atoms with van der Waals surface area (Å²) in [7, 11) is -1.52. The van der Waals surface area contributed by atoms with Gasteiger partial charge in [-0.1, -0.05) is 43.1 Å². The molecule has 3 aromatic carbocycles. The van der Waals surface area contributed by atoms with E-state index in [1.807, 2.05) is 20.8 Å². The van der Waals surface area contributed by atoms with E-state index in [0.29, 0.717) is 40.1 Å². The molecule has 0 aliphatic heterocycles. The fourth-order valence-corrected chi connectivity index (χ4v) is 6.60. The van der Waals surface area contributed by atoms with Crippen molar-refractivity contribution in [3.05, 3.63) is 76.3 Å². The summed E-state index contributed by atoms with van der Waals surface area (Å²) in [4.78, 5) is 29.1. The molecule has 3 aromatic rings. The summed E-state index contributed by atoms with van der Waals surface area (Å²) in [6.07, 6.45) is 0.957. The number of carbonyl (C=O) groups excluding carboxylic acids is 2. The second-order valence-electron chi connectivity index (χ2n) is 10.5. The number of ether oxygens (including phenoxy) is 3. The Morgan fingerprint density at radius 2 is 1.57 bits per heavy atom. The standard InChI is InChI=1S/C33H41Cl2N3O7S/c1-7-22(4)36-33(40)29(8-2)37(20-23-10-11-24(34)18-28(23)35)32(39)21-38(25-12-14-26(15-13-25)45-9-3)46(41,42)27-16-17-30(43-5)31(19-27)44-6/h10-19,22,29H,7-9,20-21H2,1-6H3,(H,36,40). The number of rotatable bonds is 16. The fraction of sp³-hybridized carbons (Fsp3) is 0.394. The first-order valence-corrected chi connectivity index (χ1v) is 17.1. The number of benzene rings is 3. The van der Waals surface area contributed by atoms with Crippen LogP contribution in [0.1, 0.15) is 46.1 Å². The van der Waals surface area contributed by atoms with Crippen LogP contribution in [-0.4, -0.2) is 64.6 Å². The zero-order valence-corrected chi connectivity index (χ0v) is 29.2. The van der Waals surface area contributed by atoms with Crippen LogP contribution in [-0.2, 0) is 26.2 Å². The third-order valence-corrected chi connectivity index (χ3v) is 9.76. The first kappa shape index (κ1) is 36.8. The zero-order valence-electron chi connectivity index (χ0n) is 26.9. The number of hydrogen-bond acceptors (Lipinski definition) is 7. The molecule has 250 valence electrons. The fourth-order valence-electron chi connectivity index (χ4n) is 4.70. The number of anilines is 1. The van der Waals surface area contributed by atoms with Crippen molar-refractivity contribution >= 4 is 50.7 Å². The van der Waals surface area contributed by atoms with Crippen molar-refractivity contribution in [1.29, 1.82) is 0 Å². The molecule has 0 radical (unpaired) electrons. The van der Waals surface area contributed by atoms with Crippen LogP contribution in [0.4, 0.5) is 5.69 Å². The van der Waals surface area contributed by atoms with Crippen molar-refractivity contribution in [2.75, 3.05) is 31.7 Å². The topological polar surface area (TPSA) is 114 Å². The second-order valence-corrected chi connectivity index (χ2v) is 13.2. The van der Waals surface area contributed by atoms with Gasteiger partial charge in [0.2, 0.25) is 11.8 Å². The van der Waals surface area contributed by atoms with Crippen LogP contribution in [0.3, 0.4) is 0 Å². The summed E-state index contributed by atoms with van der Waals surface area (Å²) >= 11 is 12.6. The summed E-state index contributed by atoms with van der Waals surface area (Å²) < 4.78 is 45.8. The minimum atomic E-state index is -4.36. The predicted molar refractivity (Wildman–Crippen MR) is 181 cm³/mol. The molecule has 0 heterocycles. The SMILES string of the molecule is CCOc1ccc(N(CC(=O)N(Cc2ccc(Cl)cc2Cl)C(CC)C(=O)NC(C)CC)S(=O)(=O)c2ccc(OC)c(OC)c2)cc1. The first-order valence-electron chi connectivity index (χ1n) is 14.9. The molecule has 1 N–H and O–H groups in total. The highest BCUT2D eigenvalue weighted by atomic mass is 35.5. The van der Waals surface area contributed by atoms with Gasteiger partial charge < -0.3 is 24.4 Å². The second kappa shape index (κ2) is 16.8. The van der Waals surface area contributed by atoms with Crippen molar-refractivity contribution in [3.63, 3.8) is 0 Å². The van der Waals surface area contributed by atoms with E-state index in [1.54, 1.807) is 49.4 Å². The number of nitrogens with one attached hydrogen (secondary N) is 1. The molecule has 0 aromatic heterocycles. The molecule has 0 saturated carbocycles. The van der Waals surface area contributed by atoms with E-state index in [2.05, 4.69) is 5.32 Å². The number of methoxy groups -OCH3 is 2. The Hall–Kier alpha value is -3.67. The smallest absolute Gasteiger partial charge is 0.264 e. The lowest BCUT2D eigenvalue weighted by molar-refractivity contribution is -0.140. The lowest BCUT2D eigenvalue weighted by Gasteiger charge is -2.34. The molecule has 0 fully saturated rings. The number of carbonyl (C=O) groups is 2. The quantitative estimate of drug-likeness (QED) is 0.187. The maximum absolute atomic E-state index is 14.3. The van der Waals surface area contributed by atoms with Crippen LogP contribution in [0.2, 0.25) is 10.0 Å². The molecular formula is C33H41Cl2N3O7S. The number of hydrogen-bond donors (Lipinski definition) is 1. The first-order chi connectivity index (χ1) is 21.9. The van der Waals surface area contributed by atoms with Gasteiger partial charge in [-0.05, 0) is 80.8 Å². The van der Waals surface area contributed by atoms with Crippen LogP contribution in [0.15, 0.2) is 65.6 Å². The van der Waals surface area contributed by atoms with E-state index in [-0.39, 0.29) is 41.2 Å². The van der Waals surface area contributed by atoms with Gasteiger partial charge in [-0.2, -0.15) is 0 Å². The summed E-state index contributed by atoms with van der Waals surface area (Å²) in [5.74, 6) is 0.108. The summed E-state index contributed by atoms with van der Waals surface area (Å²) in [6, 6.07) is 14.4. The highest BCUT2D eigenvalue weighted by Gasteiger charge is 2.34. The normalized spacial score (nSPS) is 12.5. The zero-order chi connectivity index (χ0) is 34.0. The Labute approximate surface area is 281 Å². The van der Waals surface area contributed by atoms with Gasteiger partial charge in [-0.15, -0.1) is 0 Å². The molecule has 3 rings (SSSR count). The molecule has 13 heteroatoms. The molecule has 2 amide bonds. The van der Waals surface area contributed by atoms with Gasteiger partial charge in [0.15, 0.2) is 11.5 Å². The van der Waals surface area contributed by atoms with E-state index in [1.165, 1.54) is 37.3 Å². The minimum absolute atomic E-state index is 0.0607. The number of amides is 2. The van der Waals surface area contributed by atoms with E-state index in [0.717, 1.165) is 4.31 Å². The molecule has 0 aliphatic carbocycles. The maximum Gasteiger partial charge on any atom is 0.264 e. The lowest BCUT2D eigenvalue weighted by Crippen LogP contribution is -2.53. The molecule has 0 aliphatic rings. The molecular weight excluding hydrogens is 653 g/mol. The Balaban J connectivity index is 2.13. The van der Waals surface area contributed by atoms with Gasteiger partial charge in [0.1, 0.15) is 18.3 Å². The van der Waals surface area contributed by atoms with Crippen molar-refractivity contribution in [2.24, 2.45) is 0 Å². The van der Waals surface area contributed by atoms with Crippen molar-refractivity contribution in [3.8, 4) is 17.2 Å². The molecule has 0 bridgehead atoms. The van der Waals surface area contributed by atoms with Crippen molar-refractivity contribution in [2.45, 2.75) is 64.1 Å². The predicted octanol–water partition coefficient (Wildman–Crippen LogP) is 6.33. The summed E-state index contributed by atoms with van der Waals surface area (Å²) in [5, 5.41) is 3.67. The van der Waals surface area contributed by atoms with Crippen molar-refractivity contribution in [1.82, 2.24) is 10.2 Å². The Kier molecular flexibility index (Phi) is 13.4. The van der Waals surface area contributed by atoms with Gasteiger partial charge in [0.05, 0.1) is 31.4 Å². The monoisotopic (exact) mass is 693 g/mol. The molecule has 2 unspecified atom stereocenters. The van der Waals surface area contributed by atoms with Gasteiger partial charge in [0, 0.05) is 28.7 Å². The number of halogens is 2. The third kappa shape index (κ3) is 8.98. The molecule has 2 atom stereocenters. The summed E-state index contributed by atoms with van der Waals surface area (Å²) in [6.45, 7) is 7.17. The Morgan fingerprint density at radius 1 is 0.891 bits per heavy atom. The van der Waals surface area contributed by atoms with Crippen LogP contribution >= 0.6 is 23.2 Å². The summed E-state index contributed by atoms with van der Waals surface area (Å²) in [5.41, 5.74) is 0.762. The molecule has 0 saturated heterocycles. The van der Waals surface area contributed by atoms with Crippen LogP contribution in [0, 0.1) is 0 Å². The average molecular weight is 695 g/mol. The Morgan fingerprint density at radius 3 is 2.13 bits per heavy atom. The molecule has 10 nitrogen and oxygen atoms in total. The number of sulfonamides is 1. The van der Waals surface area contributed by atoms with E-state index < -0.39 is 28.5 Å². The van der Waals surface area contributed by atoms with Gasteiger partial charge in [-0.25, -0.2) is 8.42 Å². The lowest BCUT2D eigenvalue weighted by atomic mass is 10.1. The van der Waals surface area contributed by atoms with Crippen LogP contribution in [0.25, 0.3) is 0 Å². The average Bonchev–Trinajstić information content (AvgIpc) is 3.04. The highest BCUT2D eigenvalue weighted by Crippen LogP contribution is 2.33. The third-order valence-electron chi connectivity index (χ3n) is 7.40. The molecule has 46 heavy (non-hydrogen) atoms. The largest absolute Gasteiger partial charge is 0.494 e. The van der Waals surface area contributed by atoms with Gasteiger partial charge >= 0.3 is 0 Å². The maximum atomic E-state index is 14.3. The van der Waals surface area contributed by atoms with E-state index >= 15 is 0 Å². The van der Waals surface area contributed by atoms with Gasteiger partial charge in [0.25, 0.3) is 10.0 Å². The minimum Gasteiger partial charge on any atom is -0.494 e. The van der Waals surface area contributed by atoms with E-state index in [4.69, 9.17) is 37.4 Å². The van der Waals surface area contributed by atoms with Crippen molar-refractivity contribution < 1.29 is 32.2 Å².